The molecule has 29 heavy (non-hydrogen) atoms. The number of amides is 1. The highest BCUT2D eigenvalue weighted by atomic mass is 16.1. The Balaban J connectivity index is 1.82. The van der Waals surface area contributed by atoms with Gasteiger partial charge in [-0.15, -0.1) is 0 Å². The van der Waals surface area contributed by atoms with Gasteiger partial charge in [0.05, 0.1) is 33.2 Å². The summed E-state index contributed by atoms with van der Waals surface area (Å²) >= 11 is 0. The predicted molar refractivity (Wildman–Crippen MR) is 127 cm³/mol. The van der Waals surface area contributed by atoms with Crippen molar-refractivity contribution in [3.05, 3.63) is 12.2 Å². The fourth-order valence-corrected chi connectivity index (χ4v) is 4.41. The summed E-state index contributed by atoms with van der Waals surface area (Å²) in [5.74, 6) is 0.256. The monoisotopic (exact) mass is 407 g/mol. The Kier molecular flexibility index (Phi) is 16.2. The number of likely N-dealkylation sites (tertiary alicyclic amines) is 1. The summed E-state index contributed by atoms with van der Waals surface area (Å²) in [7, 11) is 2.34. The molecule has 0 radical (unpaired) electrons. The molecule has 0 spiro atoms. The van der Waals surface area contributed by atoms with Crippen molar-refractivity contribution in [3.8, 4) is 0 Å². The third kappa shape index (κ3) is 15.6. The number of piperidine rings is 1. The van der Waals surface area contributed by atoms with Crippen molar-refractivity contribution in [2.45, 2.75) is 116 Å². The molecule has 3 heteroatoms. The van der Waals surface area contributed by atoms with E-state index in [2.05, 4.69) is 31.4 Å². The number of rotatable bonds is 18. The molecule has 1 heterocycles. The van der Waals surface area contributed by atoms with E-state index >= 15 is 0 Å². The number of nitrogens with zero attached hydrogens (tertiary/aromatic N) is 1. The first kappa shape index (κ1) is 26.2. The van der Waals surface area contributed by atoms with Crippen LogP contribution in [0.5, 0.6) is 0 Å². The molecule has 170 valence electrons. The van der Waals surface area contributed by atoms with Crippen molar-refractivity contribution in [1.82, 2.24) is 5.32 Å². The van der Waals surface area contributed by atoms with Crippen molar-refractivity contribution in [1.29, 1.82) is 0 Å². The number of allylic oxidation sites excluding steroid dienone is 2. The molecular weight excluding hydrogens is 356 g/mol. The molecule has 1 saturated heterocycles. The zero-order valence-electron chi connectivity index (χ0n) is 19.9. The van der Waals surface area contributed by atoms with Gasteiger partial charge in [0.1, 0.15) is 0 Å². The van der Waals surface area contributed by atoms with Gasteiger partial charge in [0.25, 0.3) is 0 Å². The molecule has 1 fully saturated rings. The summed E-state index contributed by atoms with van der Waals surface area (Å²) in [6, 6.07) is 0. The van der Waals surface area contributed by atoms with Gasteiger partial charge in [-0.1, -0.05) is 70.4 Å². The van der Waals surface area contributed by atoms with Crippen LogP contribution in [0.1, 0.15) is 116 Å². The molecule has 0 atom stereocenters. The van der Waals surface area contributed by atoms with E-state index in [-0.39, 0.29) is 5.91 Å². The number of unbranched alkanes of at least 4 members (excludes halogenated alkanes) is 11. The molecule has 3 nitrogen and oxygen atoms in total. The summed E-state index contributed by atoms with van der Waals surface area (Å²) in [4.78, 5) is 12.0. The van der Waals surface area contributed by atoms with Gasteiger partial charge in [-0.05, 0) is 51.4 Å². The van der Waals surface area contributed by atoms with Crippen LogP contribution < -0.4 is 5.32 Å². The minimum atomic E-state index is 0.256. The van der Waals surface area contributed by atoms with Crippen LogP contribution in [-0.4, -0.2) is 43.6 Å². The Morgan fingerprint density at radius 1 is 0.793 bits per heavy atom. The Morgan fingerprint density at radius 2 is 1.34 bits per heavy atom. The Morgan fingerprint density at radius 3 is 1.97 bits per heavy atom. The predicted octanol–water partition coefficient (Wildman–Crippen LogP) is 6.77. The number of quaternary nitrogens is 1. The first-order chi connectivity index (χ1) is 14.2. The maximum atomic E-state index is 12.0. The van der Waals surface area contributed by atoms with Crippen molar-refractivity contribution in [3.63, 3.8) is 0 Å². The topological polar surface area (TPSA) is 29.1 Å². The van der Waals surface area contributed by atoms with E-state index in [9.17, 15) is 4.79 Å². The zero-order valence-corrected chi connectivity index (χ0v) is 19.9. The van der Waals surface area contributed by atoms with Crippen molar-refractivity contribution in [2.24, 2.45) is 0 Å². The van der Waals surface area contributed by atoms with Crippen LogP contribution in [-0.2, 0) is 4.79 Å². The van der Waals surface area contributed by atoms with Crippen molar-refractivity contribution >= 4 is 5.91 Å². The van der Waals surface area contributed by atoms with Gasteiger partial charge < -0.3 is 9.80 Å². The molecule has 0 unspecified atom stereocenters. The molecule has 0 aromatic heterocycles. The second-order valence-corrected chi connectivity index (χ2v) is 9.54. The largest absolute Gasteiger partial charge is 0.350 e. The Labute approximate surface area is 182 Å². The van der Waals surface area contributed by atoms with E-state index in [0.29, 0.717) is 6.42 Å². The summed E-state index contributed by atoms with van der Waals surface area (Å²) in [5.41, 5.74) is 0. The van der Waals surface area contributed by atoms with Gasteiger partial charge in [0.2, 0.25) is 5.91 Å². The van der Waals surface area contributed by atoms with Crippen LogP contribution in [0.3, 0.4) is 0 Å². The third-order valence-electron chi connectivity index (χ3n) is 6.54. The molecule has 1 N–H and O–H groups in total. The zero-order chi connectivity index (χ0) is 21.0. The molecular formula is C26H51N2O+. The minimum Gasteiger partial charge on any atom is -0.350 e. The highest BCUT2D eigenvalue weighted by Gasteiger charge is 2.23. The normalized spacial score (nSPS) is 16.3. The molecule has 0 aliphatic carbocycles. The number of likely N-dealkylation sites (N-methyl/N-ethyl adjacent to an activating group) is 1. The van der Waals surface area contributed by atoms with Gasteiger partial charge in [-0.2, -0.15) is 0 Å². The lowest BCUT2D eigenvalue weighted by molar-refractivity contribution is -0.912. The first-order valence-corrected chi connectivity index (χ1v) is 12.9. The van der Waals surface area contributed by atoms with Gasteiger partial charge in [-0.25, -0.2) is 0 Å². The Hall–Kier alpha value is -0.830. The highest BCUT2D eigenvalue weighted by Crippen LogP contribution is 2.15. The number of carbonyl (C=O) groups excluding carboxylic acids is 1. The van der Waals surface area contributed by atoms with Crippen LogP contribution in [0, 0.1) is 0 Å². The number of hydrogen-bond donors (Lipinski definition) is 1. The van der Waals surface area contributed by atoms with E-state index in [1.165, 1.54) is 109 Å². The Bertz CT molecular complexity index is 413. The average Bonchev–Trinajstić information content (AvgIpc) is 2.71. The van der Waals surface area contributed by atoms with Crippen molar-refractivity contribution < 1.29 is 9.28 Å². The summed E-state index contributed by atoms with van der Waals surface area (Å²) in [6.07, 6.45) is 26.5. The SMILES string of the molecule is CCCCCCCC/C=C\CCCCCCCC(=O)NCC[N+]1(C)CCCCC1. The molecule has 0 aromatic carbocycles. The first-order valence-electron chi connectivity index (χ1n) is 12.9. The fraction of sp³-hybridized carbons (Fsp3) is 0.885. The second kappa shape index (κ2) is 18.0. The van der Waals surface area contributed by atoms with E-state index < -0.39 is 0 Å². The molecule has 1 aliphatic rings. The lowest BCUT2D eigenvalue weighted by Gasteiger charge is -2.37. The van der Waals surface area contributed by atoms with Gasteiger partial charge >= 0.3 is 0 Å². The van der Waals surface area contributed by atoms with E-state index in [1.54, 1.807) is 0 Å². The van der Waals surface area contributed by atoms with Crippen LogP contribution in [0.25, 0.3) is 0 Å². The quantitative estimate of drug-likeness (QED) is 0.152. The van der Waals surface area contributed by atoms with Crippen LogP contribution >= 0.6 is 0 Å². The third-order valence-corrected chi connectivity index (χ3v) is 6.54. The smallest absolute Gasteiger partial charge is 0.220 e. The maximum absolute atomic E-state index is 12.0. The van der Waals surface area contributed by atoms with Crippen molar-refractivity contribution in [2.75, 3.05) is 33.2 Å². The lowest BCUT2D eigenvalue weighted by atomic mass is 10.1. The summed E-state index contributed by atoms with van der Waals surface area (Å²) in [6.45, 7) is 6.78. The summed E-state index contributed by atoms with van der Waals surface area (Å²) in [5, 5.41) is 3.14. The highest BCUT2D eigenvalue weighted by molar-refractivity contribution is 5.75. The summed E-state index contributed by atoms with van der Waals surface area (Å²) < 4.78 is 1.15. The molecule has 1 aliphatic heterocycles. The number of nitrogens with one attached hydrogen (secondary N) is 1. The van der Waals surface area contributed by atoms with Crippen LogP contribution in [0.15, 0.2) is 12.2 Å². The van der Waals surface area contributed by atoms with Gasteiger partial charge in [-0.3, -0.25) is 4.79 Å². The molecule has 1 amide bonds. The molecule has 1 rings (SSSR count). The average molecular weight is 408 g/mol. The minimum absolute atomic E-state index is 0.256. The molecule has 0 aromatic rings. The number of carbonyl (C=O) groups is 1. The van der Waals surface area contributed by atoms with Crippen LogP contribution in [0.4, 0.5) is 0 Å². The number of hydrogen-bond acceptors (Lipinski definition) is 1. The van der Waals surface area contributed by atoms with E-state index in [0.717, 1.165) is 24.0 Å². The van der Waals surface area contributed by atoms with Gasteiger partial charge in [0, 0.05) is 6.42 Å². The van der Waals surface area contributed by atoms with Crippen LogP contribution in [0.2, 0.25) is 0 Å². The fourth-order valence-electron chi connectivity index (χ4n) is 4.41. The maximum Gasteiger partial charge on any atom is 0.220 e. The van der Waals surface area contributed by atoms with E-state index in [1.807, 2.05) is 0 Å². The van der Waals surface area contributed by atoms with Gasteiger partial charge in [0.15, 0.2) is 0 Å². The molecule has 0 saturated carbocycles. The second-order valence-electron chi connectivity index (χ2n) is 9.54. The lowest BCUT2D eigenvalue weighted by Crippen LogP contribution is -2.51. The van der Waals surface area contributed by atoms with E-state index in [4.69, 9.17) is 0 Å². The molecule has 0 bridgehead atoms. The standard InChI is InChI=1S/C26H50N2O/c1-3-4-5-6-7-8-9-10-11-12-13-14-15-16-18-21-26(29)27-22-25-28(2)23-19-17-20-24-28/h10-11H,3-9,12-25H2,1-2H3/p+1/b11-10-.